The average molecular weight is 433 g/mol. The Balaban J connectivity index is 1.65. The molecule has 30 heavy (non-hydrogen) atoms. The number of alkyl halides is 2. The van der Waals surface area contributed by atoms with Crippen LogP contribution in [0.4, 0.5) is 13.2 Å². The number of halogens is 4. The van der Waals surface area contributed by atoms with Gasteiger partial charge in [0.15, 0.2) is 5.82 Å². The van der Waals surface area contributed by atoms with Crippen molar-refractivity contribution in [3.05, 3.63) is 75.8 Å². The summed E-state index contributed by atoms with van der Waals surface area (Å²) >= 11 is 5.98. The highest BCUT2D eigenvalue weighted by molar-refractivity contribution is 6.31. The summed E-state index contributed by atoms with van der Waals surface area (Å²) in [5.41, 5.74) is 3.63. The van der Waals surface area contributed by atoms with Crippen molar-refractivity contribution in [3.8, 4) is 17.1 Å². The Morgan fingerprint density at radius 3 is 2.57 bits per heavy atom. The Morgan fingerprint density at radius 1 is 1.13 bits per heavy atom. The summed E-state index contributed by atoms with van der Waals surface area (Å²) < 4.78 is 41.1. The van der Waals surface area contributed by atoms with E-state index in [0.717, 1.165) is 21.5 Å². The van der Waals surface area contributed by atoms with Crippen molar-refractivity contribution in [2.45, 2.75) is 26.7 Å². The van der Waals surface area contributed by atoms with Crippen LogP contribution in [0.15, 0.2) is 36.7 Å². The normalized spacial score (nSPS) is 11.4. The monoisotopic (exact) mass is 432 g/mol. The Bertz CT molecular complexity index is 1200. The quantitative estimate of drug-likeness (QED) is 0.482. The molecule has 10 heteroatoms. The topological polar surface area (TPSA) is 72.3 Å². The molecule has 0 aliphatic carbocycles. The Kier molecular flexibility index (Phi) is 5.29. The molecule has 0 aliphatic heterocycles. The maximum absolute atomic E-state index is 13.5. The maximum atomic E-state index is 13.5. The molecule has 4 aromatic rings. The first kappa shape index (κ1) is 20.1. The first-order valence-corrected chi connectivity index (χ1v) is 9.37. The van der Waals surface area contributed by atoms with Crippen molar-refractivity contribution >= 4 is 11.6 Å². The van der Waals surface area contributed by atoms with E-state index in [1.54, 1.807) is 25.1 Å². The van der Waals surface area contributed by atoms with E-state index in [0.29, 0.717) is 23.5 Å². The standard InChI is InChI=1S/C20H16ClF3N6/c1-10-15(27-28-18(10)12-3-5-13(22)6-4-12)7-14-8-16(26-9-25-14)30-19(20(23)24)17(21)11(2)29-30/h3-6,8-9,20H,7H2,1-2H3,(H,27,28). The molecule has 1 N–H and O–H groups in total. The molecule has 0 saturated carbocycles. The van der Waals surface area contributed by atoms with E-state index < -0.39 is 12.1 Å². The summed E-state index contributed by atoms with van der Waals surface area (Å²) in [5, 5.41) is 11.3. The van der Waals surface area contributed by atoms with Crippen molar-refractivity contribution in [2.24, 2.45) is 0 Å². The number of aryl methyl sites for hydroxylation is 1. The molecule has 6 nitrogen and oxygen atoms in total. The van der Waals surface area contributed by atoms with Crippen molar-refractivity contribution in [1.82, 2.24) is 29.9 Å². The number of nitrogens with one attached hydrogen (secondary N) is 1. The second kappa shape index (κ2) is 7.91. The first-order valence-electron chi connectivity index (χ1n) is 8.99. The van der Waals surface area contributed by atoms with E-state index in [1.807, 2.05) is 6.92 Å². The van der Waals surface area contributed by atoms with Gasteiger partial charge in [0.25, 0.3) is 6.43 Å². The highest BCUT2D eigenvalue weighted by Gasteiger charge is 2.23. The Labute approximate surface area is 174 Å². The molecule has 0 bridgehead atoms. The minimum atomic E-state index is -2.80. The van der Waals surface area contributed by atoms with Crippen LogP contribution < -0.4 is 0 Å². The zero-order valence-corrected chi connectivity index (χ0v) is 16.8. The molecule has 1 aromatic carbocycles. The van der Waals surface area contributed by atoms with E-state index in [-0.39, 0.29) is 16.7 Å². The summed E-state index contributed by atoms with van der Waals surface area (Å²) in [6.45, 7) is 3.45. The summed E-state index contributed by atoms with van der Waals surface area (Å²) in [6.07, 6.45) is -1.14. The molecule has 0 aliphatic rings. The number of aromatic amines is 1. The lowest BCUT2D eigenvalue weighted by Gasteiger charge is -2.07. The van der Waals surface area contributed by atoms with Gasteiger partial charge < -0.3 is 0 Å². The van der Waals surface area contributed by atoms with Crippen LogP contribution in [0, 0.1) is 19.7 Å². The van der Waals surface area contributed by atoms with E-state index >= 15 is 0 Å². The lowest BCUT2D eigenvalue weighted by molar-refractivity contribution is 0.142. The summed E-state index contributed by atoms with van der Waals surface area (Å²) in [5.74, 6) is -0.126. The van der Waals surface area contributed by atoms with Crippen LogP contribution in [0.3, 0.4) is 0 Å². The van der Waals surface area contributed by atoms with Crippen LogP contribution >= 0.6 is 11.6 Å². The maximum Gasteiger partial charge on any atom is 0.282 e. The minimum absolute atomic E-state index is 0.0847. The molecule has 4 rings (SSSR count). The number of H-pyrrole nitrogens is 1. The summed E-state index contributed by atoms with van der Waals surface area (Å²) in [7, 11) is 0. The van der Waals surface area contributed by atoms with Gasteiger partial charge in [-0.2, -0.15) is 10.2 Å². The molecule has 0 amide bonds. The highest BCUT2D eigenvalue weighted by atomic mass is 35.5. The van der Waals surface area contributed by atoms with Gasteiger partial charge in [0.2, 0.25) is 0 Å². The SMILES string of the molecule is Cc1nn(-c2cc(Cc3[nH]nc(-c4ccc(F)cc4)c3C)ncn2)c(C(F)F)c1Cl. The average Bonchev–Trinajstić information content (AvgIpc) is 3.23. The van der Waals surface area contributed by atoms with Gasteiger partial charge in [0, 0.05) is 23.7 Å². The number of nitrogens with zero attached hydrogens (tertiary/aromatic N) is 5. The van der Waals surface area contributed by atoms with Crippen LogP contribution in [0.1, 0.15) is 34.8 Å². The number of hydrogen-bond donors (Lipinski definition) is 1. The predicted molar refractivity (Wildman–Crippen MR) is 105 cm³/mol. The molecule has 3 heterocycles. The molecular formula is C20H16ClF3N6. The van der Waals surface area contributed by atoms with E-state index in [2.05, 4.69) is 25.3 Å². The molecule has 0 unspecified atom stereocenters. The minimum Gasteiger partial charge on any atom is -0.281 e. The number of hydrogen-bond acceptors (Lipinski definition) is 4. The van der Waals surface area contributed by atoms with Crippen molar-refractivity contribution < 1.29 is 13.2 Å². The Morgan fingerprint density at radius 2 is 1.87 bits per heavy atom. The molecule has 0 fully saturated rings. The zero-order valence-electron chi connectivity index (χ0n) is 16.0. The van der Waals surface area contributed by atoms with Gasteiger partial charge in [-0.3, -0.25) is 5.10 Å². The van der Waals surface area contributed by atoms with Crippen LogP contribution in [0.5, 0.6) is 0 Å². The third kappa shape index (κ3) is 3.68. The summed E-state index contributed by atoms with van der Waals surface area (Å²) in [6, 6.07) is 7.63. The third-order valence-corrected chi connectivity index (χ3v) is 5.21. The van der Waals surface area contributed by atoms with Crippen LogP contribution in [0.25, 0.3) is 17.1 Å². The molecular weight excluding hydrogens is 417 g/mol. The highest BCUT2D eigenvalue weighted by Crippen LogP contribution is 2.31. The van der Waals surface area contributed by atoms with Crippen molar-refractivity contribution in [1.29, 1.82) is 0 Å². The predicted octanol–water partition coefficient (Wildman–Crippen LogP) is 4.99. The van der Waals surface area contributed by atoms with E-state index in [1.165, 1.54) is 18.5 Å². The second-order valence-corrected chi connectivity index (χ2v) is 7.10. The fourth-order valence-electron chi connectivity index (χ4n) is 3.16. The number of aromatic nitrogens is 6. The molecule has 0 saturated heterocycles. The molecule has 0 spiro atoms. The van der Waals surface area contributed by atoms with Gasteiger partial charge in [0.1, 0.15) is 17.8 Å². The van der Waals surface area contributed by atoms with E-state index in [9.17, 15) is 13.2 Å². The largest absolute Gasteiger partial charge is 0.282 e. The van der Waals surface area contributed by atoms with Gasteiger partial charge in [-0.1, -0.05) is 11.6 Å². The lowest BCUT2D eigenvalue weighted by atomic mass is 10.0. The van der Waals surface area contributed by atoms with Crippen LogP contribution in [-0.4, -0.2) is 29.9 Å². The third-order valence-electron chi connectivity index (χ3n) is 4.74. The molecule has 0 atom stereocenters. The van der Waals surface area contributed by atoms with Gasteiger partial charge in [0.05, 0.1) is 22.1 Å². The number of benzene rings is 1. The van der Waals surface area contributed by atoms with Gasteiger partial charge in [-0.15, -0.1) is 0 Å². The zero-order chi connectivity index (χ0) is 21.4. The molecule has 3 aromatic heterocycles. The summed E-state index contributed by atoms with van der Waals surface area (Å²) in [4.78, 5) is 8.30. The lowest BCUT2D eigenvalue weighted by Crippen LogP contribution is -2.07. The van der Waals surface area contributed by atoms with Gasteiger partial charge >= 0.3 is 0 Å². The smallest absolute Gasteiger partial charge is 0.281 e. The molecule has 154 valence electrons. The van der Waals surface area contributed by atoms with Crippen LogP contribution in [0.2, 0.25) is 5.02 Å². The first-order chi connectivity index (χ1) is 14.3. The van der Waals surface area contributed by atoms with Gasteiger partial charge in [-0.05, 0) is 43.7 Å². The Hall–Kier alpha value is -3.20. The fraction of sp³-hybridized carbons (Fsp3) is 0.200. The van der Waals surface area contributed by atoms with Crippen LogP contribution in [-0.2, 0) is 6.42 Å². The van der Waals surface area contributed by atoms with Crippen molar-refractivity contribution in [2.75, 3.05) is 0 Å². The van der Waals surface area contributed by atoms with Gasteiger partial charge in [-0.25, -0.2) is 27.8 Å². The van der Waals surface area contributed by atoms with E-state index in [4.69, 9.17) is 11.6 Å². The van der Waals surface area contributed by atoms with Crippen molar-refractivity contribution in [3.63, 3.8) is 0 Å². The molecule has 0 radical (unpaired) electrons. The second-order valence-electron chi connectivity index (χ2n) is 6.72. The number of rotatable bonds is 5. The fourth-order valence-corrected chi connectivity index (χ4v) is 3.36.